The number of anilines is 2. The molecule has 0 fully saturated rings. The molecule has 0 radical (unpaired) electrons. The summed E-state index contributed by atoms with van der Waals surface area (Å²) in [4.78, 5) is 0. The Bertz CT molecular complexity index is 1370. The van der Waals surface area contributed by atoms with Crippen molar-refractivity contribution in [1.82, 2.24) is 19.6 Å². The van der Waals surface area contributed by atoms with Crippen molar-refractivity contribution in [2.24, 2.45) is 0 Å². The summed E-state index contributed by atoms with van der Waals surface area (Å²) in [5.74, 6) is -6.16. The molecular formula is C21H14Cl2F4N6S. The van der Waals surface area contributed by atoms with E-state index < -0.39 is 35.4 Å². The van der Waals surface area contributed by atoms with Crippen LogP contribution in [-0.4, -0.2) is 24.7 Å². The van der Waals surface area contributed by atoms with Gasteiger partial charge >= 0.3 is 0 Å². The molecule has 0 aliphatic heterocycles. The molecule has 0 aliphatic carbocycles. The molecule has 2 heterocycles. The minimum atomic E-state index is -1.74. The summed E-state index contributed by atoms with van der Waals surface area (Å²) >= 11 is 17.4. The highest BCUT2D eigenvalue weighted by Gasteiger charge is 2.19. The predicted octanol–water partition coefficient (Wildman–Crippen LogP) is 5.85. The summed E-state index contributed by atoms with van der Waals surface area (Å²) in [7, 11) is 0. The Balaban J connectivity index is 1.36. The van der Waals surface area contributed by atoms with Crippen LogP contribution < -0.4 is 10.6 Å². The fourth-order valence-electron chi connectivity index (χ4n) is 3.06. The fraction of sp³-hybridized carbons (Fsp3) is 0.0952. The van der Waals surface area contributed by atoms with E-state index in [1.807, 2.05) is 0 Å². The van der Waals surface area contributed by atoms with Crippen molar-refractivity contribution in [2.45, 2.75) is 13.1 Å². The van der Waals surface area contributed by atoms with Gasteiger partial charge in [0.25, 0.3) is 0 Å². The second kappa shape index (κ2) is 10.00. The third-order valence-corrected chi connectivity index (χ3v) is 5.45. The van der Waals surface area contributed by atoms with Gasteiger partial charge in [0.2, 0.25) is 0 Å². The van der Waals surface area contributed by atoms with Crippen molar-refractivity contribution in [3.8, 4) is 0 Å². The SMILES string of the molecule is Fc1cc(F)c(Cn2cc(NC(=S)Nc3cnn(Cc4ccc(Cl)cc4Cl)c3)cn2)c(F)c1F. The fourth-order valence-corrected chi connectivity index (χ4v) is 3.76. The number of benzene rings is 2. The first-order valence-corrected chi connectivity index (χ1v) is 10.7. The molecule has 0 aliphatic rings. The van der Waals surface area contributed by atoms with E-state index in [-0.39, 0.29) is 11.2 Å². The van der Waals surface area contributed by atoms with Gasteiger partial charge in [0.05, 0.1) is 36.9 Å². The van der Waals surface area contributed by atoms with Crippen LogP contribution in [0.5, 0.6) is 0 Å². The van der Waals surface area contributed by atoms with Crippen LogP contribution in [0.15, 0.2) is 49.1 Å². The van der Waals surface area contributed by atoms with Gasteiger partial charge in [-0.25, -0.2) is 17.6 Å². The average molecular weight is 529 g/mol. The monoisotopic (exact) mass is 528 g/mol. The van der Waals surface area contributed by atoms with Crippen LogP contribution in [-0.2, 0) is 13.1 Å². The Labute approximate surface area is 206 Å². The number of nitrogens with one attached hydrogen (secondary N) is 2. The lowest BCUT2D eigenvalue weighted by Gasteiger charge is -2.08. The van der Waals surface area contributed by atoms with E-state index in [1.54, 1.807) is 35.3 Å². The van der Waals surface area contributed by atoms with Crippen molar-refractivity contribution >= 4 is 51.9 Å². The van der Waals surface area contributed by atoms with E-state index in [4.69, 9.17) is 35.4 Å². The van der Waals surface area contributed by atoms with Crippen LogP contribution in [0.3, 0.4) is 0 Å². The molecule has 4 aromatic rings. The van der Waals surface area contributed by atoms with Gasteiger partial charge in [-0.05, 0) is 29.9 Å². The lowest BCUT2D eigenvalue weighted by molar-refractivity contribution is 0.420. The van der Waals surface area contributed by atoms with Gasteiger partial charge in [-0.15, -0.1) is 0 Å². The molecule has 2 N–H and O–H groups in total. The molecule has 2 aromatic carbocycles. The Hall–Kier alpha value is -3.15. The van der Waals surface area contributed by atoms with Crippen molar-refractivity contribution in [3.05, 3.63) is 93.5 Å². The van der Waals surface area contributed by atoms with Gasteiger partial charge in [-0.3, -0.25) is 9.36 Å². The van der Waals surface area contributed by atoms with Crippen molar-refractivity contribution in [2.75, 3.05) is 10.6 Å². The molecule has 0 atom stereocenters. The molecule has 13 heteroatoms. The second-order valence-corrected chi connectivity index (χ2v) is 8.37. The summed E-state index contributed by atoms with van der Waals surface area (Å²) < 4.78 is 57.1. The summed E-state index contributed by atoms with van der Waals surface area (Å²) in [6.45, 7) is -0.0293. The van der Waals surface area contributed by atoms with Gasteiger partial charge in [0.15, 0.2) is 22.6 Å². The van der Waals surface area contributed by atoms with Crippen LogP contribution >= 0.6 is 35.4 Å². The summed E-state index contributed by atoms with van der Waals surface area (Å²) in [6, 6.07) is 5.48. The average Bonchev–Trinajstić information content (AvgIpc) is 3.40. The van der Waals surface area contributed by atoms with E-state index >= 15 is 0 Å². The first kappa shape index (κ1) is 24.0. The minimum absolute atomic E-state index is 0.203. The molecule has 6 nitrogen and oxygen atoms in total. The number of nitrogens with zero attached hydrogens (tertiary/aromatic N) is 4. The number of hydrogen-bond acceptors (Lipinski definition) is 3. The Kier molecular flexibility index (Phi) is 7.05. The quantitative estimate of drug-likeness (QED) is 0.142. The van der Waals surface area contributed by atoms with Gasteiger partial charge in [-0.1, -0.05) is 29.3 Å². The first-order valence-electron chi connectivity index (χ1n) is 9.58. The molecule has 0 saturated heterocycles. The topological polar surface area (TPSA) is 59.7 Å². The van der Waals surface area contributed by atoms with E-state index in [1.165, 1.54) is 12.4 Å². The molecule has 4 rings (SSSR count). The van der Waals surface area contributed by atoms with Crippen LogP contribution in [0, 0.1) is 23.3 Å². The Morgan fingerprint density at radius 2 is 1.47 bits per heavy atom. The maximum absolute atomic E-state index is 13.9. The summed E-state index contributed by atoms with van der Waals surface area (Å²) in [6.07, 6.45) is 6.04. The molecule has 0 spiro atoms. The van der Waals surface area contributed by atoms with E-state index in [2.05, 4.69) is 20.8 Å². The van der Waals surface area contributed by atoms with E-state index in [0.29, 0.717) is 28.0 Å². The number of rotatable bonds is 6. The zero-order chi connectivity index (χ0) is 24.4. The third-order valence-electron chi connectivity index (χ3n) is 4.66. The number of thiocarbonyl (C=S) groups is 1. The summed E-state index contributed by atoms with van der Waals surface area (Å²) in [5.41, 5.74) is 1.19. The van der Waals surface area contributed by atoms with Crippen LogP contribution in [0.2, 0.25) is 10.0 Å². The number of hydrogen-bond donors (Lipinski definition) is 2. The highest BCUT2D eigenvalue weighted by atomic mass is 35.5. The lowest BCUT2D eigenvalue weighted by atomic mass is 10.2. The molecule has 0 bridgehead atoms. The van der Waals surface area contributed by atoms with Crippen LogP contribution in [0.4, 0.5) is 28.9 Å². The molecule has 176 valence electrons. The van der Waals surface area contributed by atoms with Gasteiger partial charge < -0.3 is 10.6 Å². The lowest BCUT2D eigenvalue weighted by Crippen LogP contribution is -2.18. The van der Waals surface area contributed by atoms with Crippen molar-refractivity contribution in [1.29, 1.82) is 0 Å². The highest BCUT2D eigenvalue weighted by Crippen LogP contribution is 2.23. The zero-order valence-corrected chi connectivity index (χ0v) is 19.3. The molecule has 2 aromatic heterocycles. The van der Waals surface area contributed by atoms with E-state index in [0.717, 1.165) is 10.2 Å². The second-order valence-electron chi connectivity index (χ2n) is 7.11. The zero-order valence-electron chi connectivity index (χ0n) is 17.0. The molecule has 0 unspecified atom stereocenters. The predicted molar refractivity (Wildman–Crippen MR) is 125 cm³/mol. The van der Waals surface area contributed by atoms with Gasteiger partial charge in [-0.2, -0.15) is 10.2 Å². The molecule has 0 amide bonds. The van der Waals surface area contributed by atoms with Crippen LogP contribution in [0.25, 0.3) is 0 Å². The largest absolute Gasteiger partial charge is 0.330 e. The highest BCUT2D eigenvalue weighted by molar-refractivity contribution is 7.80. The minimum Gasteiger partial charge on any atom is -0.330 e. The third kappa shape index (κ3) is 5.49. The maximum Gasteiger partial charge on any atom is 0.194 e. The van der Waals surface area contributed by atoms with Gasteiger partial charge in [0, 0.05) is 34.1 Å². The Morgan fingerprint density at radius 1 is 0.853 bits per heavy atom. The van der Waals surface area contributed by atoms with Crippen molar-refractivity contribution < 1.29 is 17.6 Å². The Morgan fingerprint density at radius 3 is 2.09 bits per heavy atom. The smallest absolute Gasteiger partial charge is 0.194 e. The van der Waals surface area contributed by atoms with Crippen molar-refractivity contribution in [3.63, 3.8) is 0 Å². The molecular weight excluding hydrogens is 515 g/mol. The number of aromatic nitrogens is 4. The molecule has 34 heavy (non-hydrogen) atoms. The standard InChI is InChI=1S/C21H14Cl2F4N6S/c22-12-2-1-11(16(23)3-12)7-32-8-13(5-28-32)30-21(34)31-14-6-29-33(9-14)10-15-17(24)4-18(25)20(27)19(15)26/h1-6,8-9H,7,10H2,(H2,30,31,34). The van der Waals surface area contributed by atoms with Gasteiger partial charge in [0.1, 0.15) is 5.82 Å². The normalized spacial score (nSPS) is 11.0. The maximum atomic E-state index is 13.9. The van der Waals surface area contributed by atoms with Crippen LogP contribution in [0.1, 0.15) is 11.1 Å². The first-order chi connectivity index (χ1) is 16.2. The molecule has 0 saturated carbocycles. The summed E-state index contributed by atoms with van der Waals surface area (Å²) in [5, 5.41) is 15.3. The number of halogens is 6. The van der Waals surface area contributed by atoms with E-state index in [9.17, 15) is 17.6 Å².